The van der Waals surface area contributed by atoms with Crippen molar-refractivity contribution in [1.82, 2.24) is 0 Å². The van der Waals surface area contributed by atoms with Gasteiger partial charge < -0.3 is 4.74 Å². The van der Waals surface area contributed by atoms with Gasteiger partial charge in [-0.15, -0.1) is 0 Å². The molecular formula is C15H10O2S. The van der Waals surface area contributed by atoms with Crippen LogP contribution >= 0.6 is 11.3 Å². The second-order valence-electron chi connectivity index (χ2n) is 3.92. The van der Waals surface area contributed by atoms with Gasteiger partial charge in [-0.25, -0.2) is 4.79 Å². The lowest BCUT2D eigenvalue weighted by Gasteiger charge is -1.99. The van der Waals surface area contributed by atoms with Crippen molar-refractivity contribution in [2.24, 2.45) is 0 Å². The summed E-state index contributed by atoms with van der Waals surface area (Å²) in [5.74, 6) is 0.321. The van der Waals surface area contributed by atoms with E-state index in [1.165, 1.54) is 0 Å². The summed E-state index contributed by atoms with van der Waals surface area (Å²) >= 11 is 1.60. The fourth-order valence-electron chi connectivity index (χ4n) is 1.77. The zero-order valence-corrected chi connectivity index (χ0v) is 10.3. The summed E-state index contributed by atoms with van der Waals surface area (Å²) < 4.78 is 5.27. The molecule has 1 aliphatic rings. The number of esters is 1. The van der Waals surface area contributed by atoms with E-state index >= 15 is 0 Å². The van der Waals surface area contributed by atoms with E-state index in [1.54, 1.807) is 17.4 Å². The lowest BCUT2D eigenvalue weighted by molar-refractivity contribution is -0.130. The van der Waals surface area contributed by atoms with Gasteiger partial charge in [-0.1, -0.05) is 30.3 Å². The number of hydrogen-bond acceptors (Lipinski definition) is 3. The highest BCUT2D eigenvalue weighted by molar-refractivity contribution is 7.08. The van der Waals surface area contributed by atoms with Crippen LogP contribution in [-0.4, -0.2) is 5.97 Å². The summed E-state index contributed by atoms with van der Waals surface area (Å²) in [5.41, 5.74) is 2.53. The molecule has 18 heavy (non-hydrogen) atoms. The van der Waals surface area contributed by atoms with Crippen LogP contribution in [-0.2, 0) is 9.53 Å². The van der Waals surface area contributed by atoms with Gasteiger partial charge in [-0.2, -0.15) is 11.3 Å². The summed E-state index contributed by atoms with van der Waals surface area (Å²) in [6.07, 6.45) is 3.63. The van der Waals surface area contributed by atoms with Gasteiger partial charge in [0.05, 0.1) is 5.57 Å². The van der Waals surface area contributed by atoms with Crippen LogP contribution in [0, 0.1) is 0 Å². The third-order valence-electron chi connectivity index (χ3n) is 2.65. The number of hydrogen-bond donors (Lipinski definition) is 0. The molecule has 1 aromatic carbocycles. The van der Waals surface area contributed by atoms with E-state index in [2.05, 4.69) is 0 Å². The average Bonchev–Trinajstić information content (AvgIpc) is 3.02. The molecule has 0 atom stereocenters. The highest BCUT2D eigenvalue weighted by atomic mass is 32.1. The second kappa shape index (κ2) is 4.63. The fourth-order valence-corrected chi connectivity index (χ4v) is 2.39. The topological polar surface area (TPSA) is 26.3 Å². The predicted molar refractivity (Wildman–Crippen MR) is 72.8 cm³/mol. The van der Waals surface area contributed by atoms with Gasteiger partial charge in [-0.3, -0.25) is 0 Å². The summed E-state index contributed by atoms with van der Waals surface area (Å²) in [7, 11) is 0. The van der Waals surface area contributed by atoms with Gasteiger partial charge in [0.2, 0.25) is 0 Å². The number of benzene rings is 1. The van der Waals surface area contributed by atoms with Crippen LogP contribution in [0.25, 0.3) is 11.8 Å². The van der Waals surface area contributed by atoms with E-state index in [0.717, 1.165) is 11.1 Å². The van der Waals surface area contributed by atoms with Crippen LogP contribution in [0.1, 0.15) is 11.1 Å². The maximum absolute atomic E-state index is 11.7. The predicted octanol–water partition coefficient (Wildman–Crippen LogP) is 3.73. The summed E-state index contributed by atoms with van der Waals surface area (Å²) in [6, 6.07) is 11.6. The molecule has 0 N–H and O–H groups in total. The number of cyclic esters (lactones) is 1. The average molecular weight is 254 g/mol. The Balaban J connectivity index is 1.95. The molecule has 1 aliphatic heterocycles. The minimum absolute atomic E-state index is 0.292. The molecule has 0 aliphatic carbocycles. The number of ether oxygens (including phenoxy) is 1. The first-order chi connectivity index (χ1) is 8.83. The molecule has 2 aromatic rings. The molecule has 0 radical (unpaired) electrons. The van der Waals surface area contributed by atoms with Gasteiger partial charge in [0.1, 0.15) is 5.76 Å². The van der Waals surface area contributed by atoms with Gasteiger partial charge in [-0.05, 0) is 34.5 Å². The molecule has 0 saturated carbocycles. The van der Waals surface area contributed by atoms with E-state index in [0.29, 0.717) is 11.3 Å². The lowest BCUT2D eigenvalue weighted by Crippen LogP contribution is -1.96. The first-order valence-electron chi connectivity index (χ1n) is 5.56. The van der Waals surface area contributed by atoms with Crippen LogP contribution in [0.4, 0.5) is 0 Å². The smallest absolute Gasteiger partial charge is 0.343 e. The Bertz CT molecular complexity index is 622. The number of carbonyl (C=O) groups excluding carboxylic acids is 1. The number of thiophene rings is 1. The molecule has 0 bridgehead atoms. The normalized spacial score (nSPS) is 16.8. The first kappa shape index (κ1) is 11.0. The van der Waals surface area contributed by atoms with Crippen LogP contribution in [0.2, 0.25) is 0 Å². The summed E-state index contributed by atoms with van der Waals surface area (Å²) in [5, 5.41) is 3.98. The maximum Gasteiger partial charge on any atom is 0.343 e. The highest BCUT2D eigenvalue weighted by Gasteiger charge is 2.21. The zero-order valence-electron chi connectivity index (χ0n) is 9.50. The van der Waals surface area contributed by atoms with E-state index in [4.69, 9.17) is 4.74 Å². The Morgan fingerprint density at radius 3 is 2.67 bits per heavy atom. The van der Waals surface area contributed by atoms with Crippen molar-refractivity contribution in [3.63, 3.8) is 0 Å². The monoisotopic (exact) mass is 254 g/mol. The van der Waals surface area contributed by atoms with Crippen molar-refractivity contribution in [1.29, 1.82) is 0 Å². The van der Waals surface area contributed by atoms with Crippen molar-refractivity contribution >= 4 is 29.1 Å². The van der Waals surface area contributed by atoms with Gasteiger partial charge in [0.15, 0.2) is 0 Å². The summed E-state index contributed by atoms with van der Waals surface area (Å²) in [6.45, 7) is 0. The molecule has 3 rings (SSSR count). The number of rotatable bonds is 2. The van der Waals surface area contributed by atoms with Crippen LogP contribution in [0.5, 0.6) is 0 Å². The van der Waals surface area contributed by atoms with E-state index in [1.807, 2.05) is 53.2 Å². The van der Waals surface area contributed by atoms with E-state index in [-0.39, 0.29) is 5.97 Å². The Morgan fingerprint density at radius 1 is 1.11 bits per heavy atom. The molecule has 1 aromatic heterocycles. The molecule has 0 saturated heterocycles. The quantitative estimate of drug-likeness (QED) is 0.603. The third kappa shape index (κ3) is 2.13. The standard InChI is InChI=1S/C15H10O2S/c16-15-13(8-11-6-7-18-10-11)9-14(17-15)12-4-2-1-3-5-12/h1-10H. The summed E-state index contributed by atoms with van der Waals surface area (Å²) in [4.78, 5) is 11.7. The minimum atomic E-state index is -0.292. The molecule has 2 nitrogen and oxygen atoms in total. The molecule has 88 valence electrons. The molecule has 0 fully saturated rings. The molecular weight excluding hydrogens is 244 g/mol. The fraction of sp³-hybridized carbons (Fsp3) is 0. The highest BCUT2D eigenvalue weighted by Crippen LogP contribution is 2.27. The Morgan fingerprint density at radius 2 is 1.94 bits per heavy atom. The molecule has 3 heteroatoms. The van der Waals surface area contributed by atoms with Crippen LogP contribution in [0.15, 0.2) is 58.8 Å². The minimum Gasteiger partial charge on any atom is -0.422 e. The van der Waals surface area contributed by atoms with Crippen molar-refractivity contribution in [2.45, 2.75) is 0 Å². The largest absolute Gasteiger partial charge is 0.422 e. The van der Waals surface area contributed by atoms with Gasteiger partial charge in [0, 0.05) is 5.56 Å². The van der Waals surface area contributed by atoms with Crippen molar-refractivity contribution in [3.8, 4) is 0 Å². The van der Waals surface area contributed by atoms with E-state index in [9.17, 15) is 4.79 Å². The Hall–Kier alpha value is -2.13. The van der Waals surface area contributed by atoms with E-state index < -0.39 is 0 Å². The Kier molecular flexibility index (Phi) is 2.82. The second-order valence-corrected chi connectivity index (χ2v) is 4.70. The Labute approximate surface area is 109 Å². The lowest BCUT2D eigenvalue weighted by atomic mass is 10.1. The van der Waals surface area contributed by atoms with Crippen molar-refractivity contribution < 1.29 is 9.53 Å². The molecule has 0 unspecified atom stereocenters. The molecule has 0 spiro atoms. The third-order valence-corrected chi connectivity index (χ3v) is 3.35. The molecule has 2 heterocycles. The SMILES string of the molecule is O=C1OC(c2ccccc2)=CC1=Cc1ccsc1. The molecule has 0 amide bonds. The van der Waals surface area contributed by atoms with Crippen LogP contribution in [0.3, 0.4) is 0 Å². The van der Waals surface area contributed by atoms with Crippen LogP contribution < -0.4 is 0 Å². The van der Waals surface area contributed by atoms with Gasteiger partial charge in [0.25, 0.3) is 0 Å². The van der Waals surface area contributed by atoms with Crippen molar-refractivity contribution in [2.75, 3.05) is 0 Å². The first-order valence-corrected chi connectivity index (χ1v) is 6.50. The van der Waals surface area contributed by atoms with Gasteiger partial charge >= 0.3 is 5.97 Å². The number of carbonyl (C=O) groups is 1. The zero-order chi connectivity index (χ0) is 12.4. The maximum atomic E-state index is 11.7. The van der Waals surface area contributed by atoms with Crippen molar-refractivity contribution in [3.05, 3.63) is 69.9 Å².